The molecule has 3 aromatic carbocycles. The number of hydrogen-bond acceptors (Lipinski definition) is 5. The van der Waals surface area contributed by atoms with Gasteiger partial charge in [0, 0.05) is 11.3 Å². The highest BCUT2D eigenvalue weighted by molar-refractivity contribution is 7.92. The molecule has 1 heterocycles. The summed E-state index contributed by atoms with van der Waals surface area (Å²) in [6.07, 6.45) is 0. The average Bonchev–Trinajstić information content (AvgIpc) is 2.80. The third-order valence-electron chi connectivity index (χ3n) is 5.14. The van der Waals surface area contributed by atoms with Crippen molar-refractivity contribution in [2.24, 2.45) is 0 Å². The fourth-order valence-electron chi connectivity index (χ4n) is 3.31. The Morgan fingerprint density at radius 3 is 2.25 bits per heavy atom. The van der Waals surface area contributed by atoms with E-state index in [1.807, 2.05) is 44.2 Å². The van der Waals surface area contributed by atoms with Gasteiger partial charge in [-0.15, -0.1) is 0 Å². The standard InChI is InChI=1S/C24H24N2O5S/c1-16-3-8-20(9-4-16)26-32(28,29)21-10-5-18(6-11-21)24(27)25-17(2)19-7-12-22-23(15-19)31-14-13-30-22/h3-12,15,17,26H,13-14H2,1-2H3,(H,25,27)/t17-/m0/s1. The topological polar surface area (TPSA) is 93.7 Å². The summed E-state index contributed by atoms with van der Waals surface area (Å²) in [4.78, 5) is 12.7. The van der Waals surface area contributed by atoms with Gasteiger partial charge < -0.3 is 14.8 Å². The first kappa shape index (κ1) is 21.7. The summed E-state index contributed by atoms with van der Waals surface area (Å²) < 4.78 is 38.9. The van der Waals surface area contributed by atoms with Crippen LogP contribution < -0.4 is 19.5 Å². The lowest BCUT2D eigenvalue weighted by Gasteiger charge is -2.21. The maximum absolute atomic E-state index is 12.7. The monoisotopic (exact) mass is 452 g/mol. The van der Waals surface area contributed by atoms with E-state index in [1.54, 1.807) is 12.1 Å². The average molecular weight is 453 g/mol. The number of carbonyl (C=O) groups is 1. The van der Waals surface area contributed by atoms with Gasteiger partial charge in [-0.05, 0) is 67.9 Å². The van der Waals surface area contributed by atoms with Crippen molar-refractivity contribution in [2.75, 3.05) is 17.9 Å². The van der Waals surface area contributed by atoms with Gasteiger partial charge in [-0.1, -0.05) is 23.8 Å². The van der Waals surface area contributed by atoms with Gasteiger partial charge in [-0.2, -0.15) is 0 Å². The molecule has 4 rings (SSSR count). The molecule has 1 aliphatic heterocycles. The number of fused-ring (bicyclic) bond motifs is 1. The molecule has 0 radical (unpaired) electrons. The number of anilines is 1. The van der Waals surface area contributed by atoms with E-state index in [4.69, 9.17) is 9.47 Å². The number of benzene rings is 3. The molecule has 32 heavy (non-hydrogen) atoms. The lowest BCUT2D eigenvalue weighted by atomic mass is 10.1. The van der Waals surface area contributed by atoms with Crippen LogP contribution in [0.4, 0.5) is 5.69 Å². The molecular weight excluding hydrogens is 428 g/mol. The molecule has 166 valence electrons. The van der Waals surface area contributed by atoms with Crippen molar-refractivity contribution < 1.29 is 22.7 Å². The van der Waals surface area contributed by atoms with Crippen LogP contribution in [0.25, 0.3) is 0 Å². The molecule has 0 saturated carbocycles. The number of ether oxygens (including phenoxy) is 2. The minimum atomic E-state index is -3.75. The van der Waals surface area contributed by atoms with Crippen molar-refractivity contribution in [3.63, 3.8) is 0 Å². The first-order valence-electron chi connectivity index (χ1n) is 10.2. The Bertz CT molecular complexity index is 1220. The van der Waals surface area contributed by atoms with Crippen LogP contribution >= 0.6 is 0 Å². The largest absolute Gasteiger partial charge is 0.486 e. The second-order valence-corrected chi connectivity index (χ2v) is 9.28. The zero-order chi connectivity index (χ0) is 22.7. The van der Waals surface area contributed by atoms with Crippen LogP contribution in [0.5, 0.6) is 11.5 Å². The van der Waals surface area contributed by atoms with Crippen LogP contribution in [0, 0.1) is 6.92 Å². The quantitative estimate of drug-likeness (QED) is 0.588. The molecule has 0 aliphatic carbocycles. The molecule has 1 atom stereocenters. The molecule has 3 aromatic rings. The maximum atomic E-state index is 12.7. The molecule has 0 bridgehead atoms. The van der Waals surface area contributed by atoms with Crippen LogP contribution in [-0.2, 0) is 10.0 Å². The van der Waals surface area contributed by atoms with Gasteiger partial charge in [0.2, 0.25) is 0 Å². The minimum Gasteiger partial charge on any atom is -0.486 e. The van der Waals surface area contributed by atoms with Crippen molar-refractivity contribution in [3.05, 3.63) is 83.4 Å². The van der Waals surface area contributed by atoms with E-state index in [9.17, 15) is 13.2 Å². The fourth-order valence-corrected chi connectivity index (χ4v) is 4.37. The molecule has 0 fully saturated rings. The lowest BCUT2D eigenvalue weighted by molar-refractivity contribution is 0.0939. The molecular formula is C24H24N2O5S. The van der Waals surface area contributed by atoms with E-state index in [-0.39, 0.29) is 16.8 Å². The van der Waals surface area contributed by atoms with E-state index in [0.717, 1.165) is 11.1 Å². The number of aryl methyl sites for hydroxylation is 1. The lowest BCUT2D eigenvalue weighted by Crippen LogP contribution is -2.27. The predicted octanol–water partition coefficient (Wildman–Crippen LogP) is 4.06. The van der Waals surface area contributed by atoms with Crippen molar-refractivity contribution in [1.82, 2.24) is 5.32 Å². The Morgan fingerprint density at radius 1 is 0.906 bits per heavy atom. The smallest absolute Gasteiger partial charge is 0.261 e. The van der Waals surface area contributed by atoms with Gasteiger partial charge in [-0.3, -0.25) is 9.52 Å². The SMILES string of the molecule is Cc1ccc(NS(=O)(=O)c2ccc(C(=O)N[C@@H](C)c3ccc4c(c3)OCCO4)cc2)cc1. The van der Waals surface area contributed by atoms with E-state index in [2.05, 4.69) is 10.0 Å². The first-order valence-corrected chi connectivity index (χ1v) is 11.7. The van der Waals surface area contributed by atoms with Crippen molar-refractivity contribution in [2.45, 2.75) is 24.8 Å². The van der Waals surface area contributed by atoms with Gasteiger partial charge in [0.1, 0.15) is 13.2 Å². The number of hydrogen-bond donors (Lipinski definition) is 2. The summed E-state index contributed by atoms with van der Waals surface area (Å²) in [7, 11) is -3.75. The van der Waals surface area contributed by atoms with Crippen LogP contribution in [0.2, 0.25) is 0 Å². The number of sulfonamides is 1. The summed E-state index contributed by atoms with van der Waals surface area (Å²) in [6.45, 7) is 4.81. The molecule has 0 unspecified atom stereocenters. The summed E-state index contributed by atoms with van der Waals surface area (Å²) in [5, 5.41) is 2.92. The Kier molecular flexibility index (Phi) is 6.05. The molecule has 7 nitrogen and oxygen atoms in total. The maximum Gasteiger partial charge on any atom is 0.261 e. The van der Waals surface area contributed by atoms with Gasteiger partial charge in [-0.25, -0.2) is 8.42 Å². The molecule has 0 spiro atoms. The third kappa shape index (κ3) is 4.86. The number of carbonyl (C=O) groups excluding carboxylic acids is 1. The van der Waals surface area contributed by atoms with Gasteiger partial charge in [0.05, 0.1) is 10.9 Å². The summed E-state index contributed by atoms with van der Waals surface area (Å²) in [5.74, 6) is 1.04. The minimum absolute atomic E-state index is 0.0782. The Morgan fingerprint density at radius 2 is 1.56 bits per heavy atom. The van der Waals surface area contributed by atoms with Crippen LogP contribution in [0.15, 0.2) is 71.6 Å². The van der Waals surface area contributed by atoms with Gasteiger partial charge in [0.15, 0.2) is 11.5 Å². The number of nitrogens with one attached hydrogen (secondary N) is 2. The molecule has 0 saturated heterocycles. The highest BCUT2D eigenvalue weighted by atomic mass is 32.2. The Labute approximate surface area is 187 Å². The molecule has 1 aliphatic rings. The van der Waals surface area contributed by atoms with E-state index >= 15 is 0 Å². The zero-order valence-electron chi connectivity index (χ0n) is 17.8. The van der Waals surface area contributed by atoms with E-state index in [0.29, 0.717) is 36.0 Å². The zero-order valence-corrected chi connectivity index (χ0v) is 18.6. The number of rotatable bonds is 6. The highest BCUT2D eigenvalue weighted by Gasteiger charge is 2.18. The molecule has 1 amide bonds. The van der Waals surface area contributed by atoms with E-state index in [1.165, 1.54) is 24.3 Å². The molecule has 2 N–H and O–H groups in total. The molecule has 8 heteroatoms. The highest BCUT2D eigenvalue weighted by Crippen LogP contribution is 2.32. The van der Waals surface area contributed by atoms with Crippen molar-refractivity contribution in [1.29, 1.82) is 0 Å². The second-order valence-electron chi connectivity index (χ2n) is 7.59. The van der Waals surface area contributed by atoms with Crippen LogP contribution in [0.1, 0.15) is 34.5 Å². The summed E-state index contributed by atoms with van der Waals surface area (Å²) in [5.41, 5.74) is 2.76. The third-order valence-corrected chi connectivity index (χ3v) is 6.54. The van der Waals surface area contributed by atoms with Crippen LogP contribution in [-0.4, -0.2) is 27.5 Å². The molecule has 0 aromatic heterocycles. The normalized spacial score (nSPS) is 13.8. The van der Waals surface area contributed by atoms with Crippen molar-refractivity contribution in [3.8, 4) is 11.5 Å². The fraction of sp³-hybridized carbons (Fsp3) is 0.208. The number of amides is 1. The summed E-state index contributed by atoms with van der Waals surface area (Å²) >= 11 is 0. The predicted molar refractivity (Wildman–Crippen MR) is 122 cm³/mol. The second kappa shape index (κ2) is 8.92. The first-order chi connectivity index (χ1) is 15.3. The Balaban J connectivity index is 1.43. The Hall–Kier alpha value is -3.52. The van der Waals surface area contributed by atoms with Crippen molar-refractivity contribution >= 4 is 21.6 Å². The van der Waals surface area contributed by atoms with E-state index < -0.39 is 10.0 Å². The van der Waals surface area contributed by atoms with Crippen LogP contribution in [0.3, 0.4) is 0 Å². The summed E-state index contributed by atoms with van der Waals surface area (Å²) in [6, 6.07) is 18.2. The van der Waals surface area contributed by atoms with Gasteiger partial charge in [0.25, 0.3) is 15.9 Å². The van der Waals surface area contributed by atoms with Gasteiger partial charge >= 0.3 is 0 Å².